The number of methoxy groups -OCH3 is 1. The molecule has 0 aliphatic carbocycles. The molecular weight excluding hydrogens is 406 g/mol. The summed E-state index contributed by atoms with van der Waals surface area (Å²) in [5.41, 5.74) is 2.48. The number of fused-ring (bicyclic) bond motifs is 2. The van der Waals surface area contributed by atoms with Crippen LogP contribution in [0.15, 0.2) is 48.5 Å². The topological polar surface area (TPSA) is 72.9 Å². The van der Waals surface area contributed by atoms with Crippen LogP contribution in [-0.2, 0) is 17.8 Å². The number of carbonyl (C=O) groups excluding carboxylic acids is 1. The van der Waals surface area contributed by atoms with E-state index >= 15 is 0 Å². The molecule has 30 heavy (non-hydrogen) atoms. The van der Waals surface area contributed by atoms with Crippen LogP contribution >= 0.6 is 11.6 Å². The van der Waals surface area contributed by atoms with Gasteiger partial charge in [0.25, 0.3) is 0 Å². The van der Waals surface area contributed by atoms with E-state index in [1.807, 2.05) is 48.5 Å². The molecule has 2 amide bonds. The standard InChI is InChI=1S/C22H22ClN3O4/c1-28-8-7-26(22(27)24-12-15-5-3-2-4-6-15)13-17-9-16-10-19-20(30-14-29-19)11-18(16)25-21(17)23/h2-6,9-11H,7-8,12-14H2,1H3,(H,24,27). The Morgan fingerprint density at radius 1 is 1.20 bits per heavy atom. The summed E-state index contributed by atoms with van der Waals surface area (Å²) >= 11 is 6.44. The van der Waals surface area contributed by atoms with Crippen LogP contribution < -0.4 is 14.8 Å². The van der Waals surface area contributed by atoms with E-state index in [0.29, 0.717) is 48.4 Å². The molecule has 0 saturated heterocycles. The van der Waals surface area contributed by atoms with Crippen molar-refractivity contribution in [3.63, 3.8) is 0 Å². The number of ether oxygens (including phenoxy) is 3. The highest BCUT2D eigenvalue weighted by atomic mass is 35.5. The quantitative estimate of drug-likeness (QED) is 0.577. The lowest BCUT2D eigenvalue weighted by molar-refractivity contribution is 0.146. The lowest BCUT2D eigenvalue weighted by atomic mass is 10.1. The number of aromatic nitrogens is 1. The fourth-order valence-corrected chi connectivity index (χ4v) is 3.45. The van der Waals surface area contributed by atoms with Crippen LogP contribution in [0.5, 0.6) is 11.5 Å². The van der Waals surface area contributed by atoms with Crippen molar-refractivity contribution in [3.8, 4) is 11.5 Å². The molecule has 0 saturated carbocycles. The average Bonchev–Trinajstić information content (AvgIpc) is 3.21. The average molecular weight is 428 g/mol. The minimum absolute atomic E-state index is 0.193. The van der Waals surface area contributed by atoms with Gasteiger partial charge in [0.15, 0.2) is 11.5 Å². The first-order valence-electron chi connectivity index (χ1n) is 9.58. The lowest BCUT2D eigenvalue weighted by Gasteiger charge is -2.23. The highest BCUT2D eigenvalue weighted by Gasteiger charge is 2.19. The van der Waals surface area contributed by atoms with Crippen LogP contribution in [0.3, 0.4) is 0 Å². The summed E-state index contributed by atoms with van der Waals surface area (Å²) < 4.78 is 16.0. The highest BCUT2D eigenvalue weighted by Crippen LogP contribution is 2.36. The molecule has 2 aromatic carbocycles. The van der Waals surface area contributed by atoms with Crippen LogP contribution in [0.1, 0.15) is 11.1 Å². The predicted octanol–water partition coefficient (Wildman–Crippen LogP) is 3.98. The van der Waals surface area contributed by atoms with Crippen molar-refractivity contribution in [1.29, 1.82) is 0 Å². The monoisotopic (exact) mass is 427 g/mol. The summed E-state index contributed by atoms with van der Waals surface area (Å²) in [5.74, 6) is 1.33. The largest absolute Gasteiger partial charge is 0.454 e. The van der Waals surface area contributed by atoms with Crippen molar-refractivity contribution < 1.29 is 19.0 Å². The van der Waals surface area contributed by atoms with E-state index in [9.17, 15) is 4.79 Å². The van der Waals surface area contributed by atoms with Gasteiger partial charge in [0.2, 0.25) is 6.79 Å². The van der Waals surface area contributed by atoms with E-state index in [-0.39, 0.29) is 12.8 Å². The third-order valence-corrected chi connectivity index (χ3v) is 5.16. The van der Waals surface area contributed by atoms with E-state index in [4.69, 9.17) is 25.8 Å². The van der Waals surface area contributed by atoms with Crippen molar-refractivity contribution in [2.24, 2.45) is 0 Å². The molecule has 1 N–H and O–H groups in total. The number of nitrogens with one attached hydrogen (secondary N) is 1. The van der Waals surface area contributed by atoms with E-state index in [1.54, 1.807) is 12.0 Å². The summed E-state index contributed by atoms with van der Waals surface area (Å²) in [6.45, 7) is 1.78. The van der Waals surface area contributed by atoms with Crippen molar-refractivity contribution in [2.75, 3.05) is 27.1 Å². The van der Waals surface area contributed by atoms with Crippen molar-refractivity contribution >= 4 is 28.5 Å². The van der Waals surface area contributed by atoms with Gasteiger partial charge in [0.05, 0.1) is 18.7 Å². The third-order valence-electron chi connectivity index (χ3n) is 4.84. The Bertz CT molecular complexity index is 1050. The smallest absolute Gasteiger partial charge is 0.318 e. The molecule has 3 aromatic rings. The van der Waals surface area contributed by atoms with Gasteiger partial charge in [0, 0.05) is 37.2 Å². The minimum atomic E-state index is -0.197. The number of nitrogens with zero attached hydrogens (tertiary/aromatic N) is 2. The molecule has 1 aliphatic rings. The van der Waals surface area contributed by atoms with E-state index < -0.39 is 0 Å². The number of pyridine rings is 1. The molecule has 0 atom stereocenters. The number of hydrogen-bond donors (Lipinski definition) is 1. The normalized spacial score (nSPS) is 12.2. The first-order chi connectivity index (χ1) is 14.6. The van der Waals surface area contributed by atoms with Crippen LogP contribution in [0, 0.1) is 0 Å². The molecule has 2 heterocycles. The van der Waals surface area contributed by atoms with Gasteiger partial charge in [-0.3, -0.25) is 0 Å². The first-order valence-corrected chi connectivity index (χ1v) is 9.96. The minimum Gasteiger partial charge on any atom is -0.454 e. The first kappa shape index (κ1) is 20.3. The Balaban J connectivity index is 1.53. The molecule has 0 spiro atoms. The molecule has 156 valence electrons. The number of benzene rings is 2. The second kappa shape index (κ2) is 9.19. The van der Waals surface area contributed by atoms with Gasteiger partial charge in [-0.05, 0) is 17.7 Å². The van der Waals surface area contributed by atoms with Crippen LogP contribution in [-0.4, -0.2) is 43.0 Å². The highest BCUT2D eigenvalue weighted by molar-refractivity contribution is 6.30. The Morgan fingerprint density at radius 3 is 2.73 bits per heavy atom. The molecule has 1 aliphatic heterocycles. The molecule has 0 unspecified atom stereocenters. The Kier molecular flexibility index (Phi) is 6.21. The Hall–Kier alpha value is -3.03. The van der Waals surface area contributed by atoms with Crippen molar-refractivity contribution in [1.82, 2.24) is 15.2 Å². The van der Waals surface area contributed by atoms with E-state index in [2.05, 4.69) is 10.3 Å². The van der Waals surface area contributed by atoms with Gasteiger partial charge in [-0.2, -0.15) is 0 Å². The molecule has 0 bridgehead atoms. The van der Waals surface area contributed by atoms with E-state index in [0.717, 1.165) is 16.5 Å². The Labute approximate surface area is 179 Å². The maximum Gasteiger partial charge on any atom is 0.318 e. The van der Waals surface area contributed by atoms with Crippen molar-refractivity contribution in [2.45, 2.75) is 13.1 Å². The van der Waals surface area contributed by atoms with Crippen LogP contribution in [0.25, 0.3) is 10.9 Å². The molecular formula is C22H22ClN3O4. The molecule has 0 fully saturated rings. The summed E-state index contributed by atoms with van der Waals surface area (Å²) in [7, 11) is 1.60. The lowest BCUT2D eigenvalue weighted by Crippen LogP contribution is -2.41. The van der Waals surface area contributed by atoms with Gasteiger partial charge in [-0.15, -0.1) is 0 Å². The van der Waals surface area contributed by atoms with Gasteiger partial charge in [0.1, 0.15) is 5.15 Å². The summed E-state index contributed by atoms with van der Waals surface area (Å²) in [6.07, 6.45) is 0. The number of urea groups is 1. The summed E-state index contributed by atoms with van der Waals surface area (Å²) in [4.78, 5) is 19.0. The molecule has 1 aromatic heterocycles. The molecule has 0 radical (unpaired) electrons. The van der Waals surface area contributed by atoms with Crippen LogP contribution in [0.4, 0.5) is 4.79 Å². The summed E-state index contributed by atoms with van der Waals surface area (Å²) in [6, 6.07) is 15.2. The SMILES string of the molecule is COCCN(Cc1cc2cc3c(cc2nc1Cl)OCO3)C(=O)NCc1ccccc1. The number of rotatable bonds is 7. The summed E-state index contributed by atoms with van der Waals surface area (Å²) in [5, 5.41) is 4.17. The zero-order chi connectivity index (χ0) is 20.9. The van der Waals surface area contributed by atoms with Crippen molar-refractivity contribution in [3.05, 3.63) is 64.8 Å². The number of carbonyl (C=O) groups is 1. The van der Waals surface area contributed by atoms with Gasteiger partial charge in [-0.1, -0.05) is 41.9 Å². The zero-order valence-electron chi connectivity index (χ0n) is 16.6. The second-order valence-corrected chi connectivity index (χ2v) is 7.25. The maximum absolute atomic E-state index is 12.8. The fourth-order valence-electron chi connectivity index (χ4n) is 3.24. The number of amides is 2. The fraction of sp³-hybridized carbons (Fsp3) is 0.273. The predicted molar refractivity (Wildman–Crippen MR) is 114 cm³/mol. The van der Waals surface area contributed by atoms with Gasteiger partial charge in [-0.25, -0.2) is 9.78 Å². The molecule has 8 heteroatoms. The molecule has 7 nitrogen and oxygen atoms in total. The van der Waals surface area contributed by atoms with Gasteiger partial charge < -0.3 is 24.4 Å². The van der Waals surface area contributed by atoms with E-state index in [1.165, 1.54) is 0 Å². The third kappa shape index (κ3) is 4.58. The van der Waals surface area contributed by atoms with Crippen LogP contribution in [0.2, 0.25) is 5.15 Å². The maximum atomic E-state index is 12.8. The number of halogens is 1. The van der Waals surface area contributed by atoms with Gasteiger partial charge >= 0.3 is 6.03 Å². The number of hydrogen-bond acceptors (Lipinski definition) is 5. The zero-order valence-corrected chi connectivity index (χ0v) is 17.3. The molecule has 4 rings (SSSR count). The second-order valence-electron chi connectivity index (χ2n) is 6.90. The Morgan fingerprint density at radius 2 is 1.97 bits per heavy atom.